The molecule has 0 amide bonds. The molecule has 0 saturated carbocycles. The first-order valence-corrected chi connectivity index (χ1v) is 14.2. The topological polar surface area (TPSA) is 119 Å². The highest BCUT2D eigenvalue weighted by atomic mass is 32.2. The number of sulfone groups is 1. The van der Waals surface area contributed by atoms with Gasteiger partial charge in [-0.05, 0) is 49.1 Å². The zero-order valence-electron chi connectivity index (χ0n) is 21.6. The second kappa shape index (κ2) is 10.2. The second-order valence-corrected chi connectivity index (χ2v) is 11.3. The molecule has 1 aliphatic rings. The van der Waals surface area contributed by atoms with Crippen molar-refractivity contribution in [1.29, 1.82) is 0 Å². The molecule has 0 radical (unpaired) electrons. The van der Waals surface area contributed by atoms with E-state index in [0.29, 0.717) is 45.8 Å². The van der Waals surface area contributed by atoms with Crippen molar-refractivity contribution in [1.82, 2.24) is 20.2 Å². The number of benzene rings is 2. The lowest BCUT2D eigenvalue weighted by Gasteiger charge is -2.22. The molecule has 1 fully saturated rings. The lowest BCUT2D eigenvalue weighted by molar-refractivity contribution is 0.0126. The summed E-state index contributed by atoms with van der Waals surface area (Å²) >= 11 is 0. The summed E-state index contributed by atoms with van der Waals surface area (Å²) in [4.78, 5) is 8.17. The van der Waals surface area contributed by atoms with E-state index in [9.17, 15) is 8.42 Å². The van der Waals surface area contributed by atoms with Gasteiger partial charge in [0, 0.05) is 41.1 Å². The van der Waals surface area contributed by atoms with E-state index in [-0.39, 0.29) is 15.9 Å². The average Bonchev–Trinajstić information content (AvgIpc) is 3.64. The van der Waals surface area contributed by atoms with Gasteiger partial charge >= 0.3 is 0 Å². The zero-order chi connectivity index (χ0) is 27.0. The molecule has 0 aliphatic carbocycles. The third kappa shape index (κ3) is 4.35. The maximum Gasteiger partial charge on any atom is 0.208 e. The normalized spacial score (nSPS) is 15.9. The van der Waals surface area contributed by atoms with Crippen LogP contribution >= 0.6 is 0 Å². The van der Waals surface area contributed by atoms with E-state index in [0.717, 1.165) is 30.5 Å². The number of aromatic amines is 2. The molecule has 39 heavy (non-hydrogen) atoms. The summed E-state index contributed by atoms with van der Waals surface area (Å²) in [7, 11) is -0.894. The number of hydrogen-bond donors (Lipinski definition) is 2. The van der Waals surface area contributed by atoms with Crippen molar-refractivity contribution >= 4 is 20.9 Å². The molecule has 1 unspecified atom stereocenters. The number of H-pyrrole nitrogens is 2. The number of nitrogens with zero attached hydrogens (tertiary/aromatic N) is 2. The summed E-state index contributed by atoms with van der Waals surface area (Å²) in [6.45, 7) is 0.676. The molecule has 1 atom stereocenters. The zero-order valence-corrected chi connectivity index (χ0v) is 22.4. The molecule has 200 valence electrons. The minimum absolute atomic E-state index is 0.141. The van der Waals surface area contributed by atoms with Gasteiger partial charge in [0.25, 0.3) is 0 Å². The van der Waals surface area contributed by atoms with Gasteiger partial charge in [-0.3, -0.25) is 5.10 Å². The Morgan fingerprint density at radius 2 is 1.77 bits per heavy atom. The summed E-state index contributed by atoms with van der Waals surface area (Å²) < 4.78 is 45.7. The summed E-state index contributed by atoms with van der Waals surface area (Å²) in [5.41, 5.74) is 3.84. The van der Waals surface area contributed by atoms with E-state index >= 15 is 0 Å². The molecular formula is C29H28N4O5S. The number of methoxy groups -OCH3 is 2. The van der Waals surface area contributed by atoms with Crippen LogP contribution in [0.3, 0.4) is 0 Å². The molecule has 0 bridgehead atoms. The first-order valence-electron chi connectivity index (χ1n) is 12.7. The molecule has 5 aromatic rings. The lowest BCUT2D eigenvalue weighted by Crippen LogP contribution is -2.12. The van der Waals surface area contributed by atoms with E-state index in [4.69, 9.17) is 14.2 Å². The molecule has 6 rings (SSSR count). The van der Waals surface area contributed by atoms with E-state index in [1.165, 1.54) is 0 Å². The number of fused-ring (bicyclic) bond motifs is 1. The Morgan fingerprint density at radius 1 is 0.949 bits per heavy atom. The van der Waals surface area contributed by atoms with Crippen LogP contribution in [0.2, 0.25) is 0 Å². The van der Waals surface area contributed by atoms with Gasteiger partial charge < -0.3 is 19.2 Å². The molecule has 9 nitrogen and oxygen atoms in total. The Bertz CT molecular complexity index is 1740. The molecule has 4 heterocycles. The van der Waals surface area contributed by atoms with Gasteiger partial charge in [-0.2, -0.15) is 5.10 Å². The largest absolute Gasteiger partial charge is 0.493 e. The van der Waals surface area contributed by atoms with Crippen molar-refractivity contribution in [3.63, 3.8) is 0 Å². The van der Waals surface area contributed by atoms with Gasteiger partial charge in [-0.25, -0.2) is 13.4 Å². The van der Waals surface area contributed by atoms with Crippen molar-refractivity contribution in [3.05, 3.63) is 72.8 Å². The molecule has 0 spiro atoms. The molecular weight excluding hydrogens is 516 g/mol. The number of aromatic nitrogens is 4. The maximum atomic E-state index is 14.4. The molecule has 3 aromatic heterocycles. The van der Waals surface area contributed by atoms with Crippen LogP contribution in [0.15, 0.2) is 76.9 Å². The van der Waals surface area contributed by atoms with Gasteiger partial charge in [0.2, 0.25) is 9.84 Å². The van der Waals surface area contributed by atoms with Crippen LogP contribution in [0.4, 0.5) is 0 Å². The summed E-state index contributed by atoms with van der Waals surface area (Å²) in [5.74, 6) is 1.03. The third-order valence-corrected chi connectivity index (χ3v) is 8.99. The Labute approximate surface area is 226 Å². The van der Waals surface area contributed by atoms with Crippen molar-refractivity contribution in [2.75, 3.05) is 20.8 Å². The van der Waals surface area contributed by atoms with Crippen molar-refractivity contribution in [2.24, 2.45) is 0 Å². The Morgan fingerprint density at radius 3 is 2.51 bits per heavy atom. The van der Waals surface area contributed by atoms with E-state index in [1.54, 1.807) is 81.3 Å². The fourth-order valence-electron chi connectivity index (χ4n) is 5.21. The Hall–Kier alpha value is -4.15. The number of pyridine rings is 1. The molecule has 1 aliphatic heterocycles. The van der Waals surface area contributed by atoms with Gasteiger partial charge in [-0.1, -0.05) is 24.3 Å². The highest BCUT2D eigenvalue weighted by Crippen LogP contribution is 2.44. The fraction of sp³-hybridized carbons (Fsp3) is 0.241. The van der Waals surface area contributed by atoms with E-state index in [1.807, 2.05) is 0 Å². The monoisotopic (exact) mass is 544 g/mol. The third-order valence-electron chi connectivity index (χ3n) is 7.13. The molecule has 10 heteroatoms. The minimum atomic E-state index is -3.99. The van der Waals surface area contributed by atoms with Gasteiger partial charge in [-0.15, -0.1) is 0 Å². The number of rotatable bonds is 7. The molecule has 2 N–H and O–H groups in total. The van der Waals surface area contributed by atoms with Gasteiger partial charge in [0.15, 0.2) is 11.5 Å². The smallest absolute Gasteiger partial charge is 0.208 e. The fourth-order valence-corrected chi connectivity index (χ4v) is 6.90. The Balaban J connectivity index is 1.65. The van der Waals surface area contributed by atoms with Gasteiger partial charge in [0.1, 0.15) is 5.65 Å². The number of hydrogen-bond acceptors (Lipinski definition) is 7. The van der Waals surface area contributed by atoms with Crippen LogP contribution in [0, 0.1) is 0 Å². The summed E-state index contributed by atoms with van der Waals surface area (Å²) in [6, 6.07) is 13.7. The predicted octanol–water partition coefficient (Wildman–Crippen LogP) is 5.71. The van der Waals surface area contributed by atoms with Gasteiger partial charge in [0.05, 0.1) is 42.0 Å². The Kier molecular flexibility index (Phi) is 6.58. The summed E-state index contributed by atoms with van der Waals surface area (Å²) in [5, 5.41) is 7.91. The van der Waals surface area contributed by atoms with Crippen LogP contribution in [-0.2, 0) is 14.6 Å². The van der Waals surface area contributed by atoms with Crippen LogP contribution in [0.5, 0.6) is 11.5 Å². The number of nitrogens with one attached hydrogen (secondary N) is 2. The van der Waals surface area contributed by atoms with Crippen LogP contribution in [-0.4, -0.2) is 49.4 Å². The van der Waals surface area contributed by atoms with Crippen molar-refractivity contribution in [2.45, 2.75) is 35.2 Å². The minimum Gasteiger partial charge on any atom is -0.493 e. The molecule has 2 aromatic carbocycles. The first kappa shape index (κ1) is 25.1. The SMILES string of the molecule is COc1ccc(-c2cnc3[nH]cc(-c4cn[nH]c4C4CCCCO4)c3c2S(=O)(=O)c2ccccc2)cc1OC. The maximum absolute atomic E-state index is 14.4. The highest BCUT2D eigenvalue weighted by Gasteiger charge is 2.30. The van der Waals surface area contributed by atoms with Crippen LogP contribution in [0.1, 0.15) is 31.1 Å². The van der Waals surface area contributed by atoms with Crippen molar-refractivity contribution < 1.29 is 22.6 Å². The highest BCUT2D eigenvalue weighted by molar-refractivity contribution is 7.92. The average molecular weight is 545 g/mol. The molecule has 1 saturated heterocycles. The standard InChI is InChI=1S/C29H28N4O5S/c1-36-23-12-11-18(14-25(23)37-2)20-15-30-29-26(28(20)39(34,35)19-8-4-3-5-9-19)21(16-31-29)22-17-32-33-27(22)24-10-6-7-13-38-24/h3-5,8-9,11-12,14-17,24H,6-7,10,13H2,1-2H3,(H,30,31)(H,32,33). The number of ether oxygens (including phenoxy) is 3. The quantitative estimate of drug-likeness (QED) is 0.269. The first-order chi connectivity index (χ1) is 19.0. The lowest BCUT2D eigenvalue weighted by atomic mass is 9.98. The second-order valence-electron chi connectivity index (χ2n) is 9.37. The van der Waals surface area contributed by atoms with Crippen LogP contribution < -0.4 is 9.47 Å². The van der Waals surface area contributed by atoms with Crippen LogP contribution in [0.25, 0.3) is 33.3 Å². The predicted molar refractivity (Wildman–Crippen MR) is 147 cm³/mol. The van der Waals surface area contributed by atoms with E-state index < -0.39 is 9.84 Å². The summed E-state index contributed by atoms with van der Waals surface area (Å²) in [6.07, 6.45) is 7.88. The van der Waals surface area contributed by atoms with E-state index in [2.05, 4.69) is 20.2 Å². The van der Waals surface area contributed by atoms with Crippen molar-refractivity contribution in [3.8, 4) is 33.8 Å².